The third-order valence-electron chi connectivity index (χ3n) is 2.89. The van der Waals surface area contributed by atoms with Crippen LogP contribution in [0.25, 0.3) is 0 Å². The van der Waals surface area contributed by atoms with Crippen LogP contribution in [0, 0.1) is 17.0 Å². The summed E-state index contributed by atoms with van der Waals surface area (Å²) in [7, 11) is 0. The second kappa shape index (κ2) is 6.37. The molecule has 0 saturated heterocycles. The van der Waals surface area contributed by atoms with Gasteiger partial charge in [0.15, 0.2) is 0 Å². The van der Waals surface area contributed by atoms with Gasteiger partial charge in [0, 0.05) is 22.7 Å². The normalized spacial score (nSPS) is 10.2. The molecule has 0 aromatic heterocycles. The second-order valence-electron chi connectivity index (χ2n) is 4.47. The number of non-ortho nitro benzene ring substituents is 1. The van der Waals surface area contributed by atoms with Crippen LogP contribution in [0.15, 0.2) is 42.5 Å². The van der Waals surface area contributed by atoms with Crippen LogP contribution in [-0.2, 0) is 11.3 Å². The van der Waals surface area contributed by atoms with E-state index in [9.17, 15) is 14.9 Å². The molecule has 0 spiro atoms. The molecule has 2 rings (SSSR count). The van der Waals surface area contributed by atoms with Gasteiger partial charge >= 0.3 is 5.97 Å². The summed E-state index contributed by atoms with van der Waals surface area (Å²) in [6, 6.07) is 10.9. The fraction of sp³-hybridized carbons (Fsp3) is 0.133. The van der Waals surface area contributed by atoms with Gasteiger partial charge in [-0.3, -0.25) is 10.1 Å². The van der Waals surface area contributed by atoms with Gasteiger partial charge in [0.1, 0.15) is 6.61 Å². The van der Waals surface area contributed by atoms with Crippen molar-refractivity contribution in [1.82, 2.24) is 0 Å². The minimum atomic E-state index is -0.526. The molecule has 0 heterocycles. The summed E-state index contributed by atoms with van der Waals surface area (Å²) in [5.41, 5.74) is 1.75. The number of carbonyl (C=O) groups is 1. The molecule has 0 saturated carbocycles. The maximum absolute atomic E-state index is 11.9. The average molecular weight is 306 g/mol. The molecule has 0 N–H and O–H groups in total. The number of hydrogen-bond donors (Lipinski definition) is 0. The largest absolute Gasteiger partial charge is 0.457 e. The number of esters is 1. The Labute approximate surface area is 126 Å². The average Bonchev–Trinajstić information content (AvgIpc) is 2.46. The van der Waals surface area contributed by atoms with Crippen molar-refractivity contribution in [1.29, 1.82) is 0 Å². The first-order valence-corrected chi connectivity index (χ1v) is 6.52. The molecule has 0 aliphatic carbocycles. The number of ether oxygens (including phenoxy) is 1. The van der Waals surface area contributed by atoms with E-state index in [0.29, 0.717) is 16.1 Å². The van der Waals surface area contributed by atoms with E-state index in [1.165, 1.54) is 18.2 Å². The first-order valence-electron chi connectivity index (χ1n) is 6.14. The van der Waals surface area contributed by atoms with Crippen molar-refractivity contribution in [2.24, 2.45) is 0 Å². The maximum atomic E-state index is 11.9. The molecule has 21 heavy (non-hydrogen) atoms. The third-order valence-corrected chi connectivity index (χ3v) is 3.25. The minimum Gasteiger partial charge on any atom is -0.457 e. The Hall–Kier alpha value is -2.40. The van der Waals surface area contributed by atoms with Crippen molar-refractivity contribution in [2.45, 2.75) is 13.5 Å². The molecule has 0 bridgehead atoms. The lowest BCUT2D eigenvalue weighted by Crippen LogP contribution is -2.05. The molecule has 0 amide bonds. The zero-order chi connectivity index (χ0) is 15.4. The first kappa shape index (κ1) is 15.0. The van der Waals surface area contributed by atoms with E-state index in [4.69, 9.17) is 16.3 Å². The lowest BCUT2D eigenvalue weighted by atomic mass is 10.1. The lowest BCUT2D eigenvalue weighted by Gasteiger charge is -2.07. The molecule has 0 aliphatic rings. The smallest absolute Gasteiger partial charge is 0.338 e. The highest BCUT2D eigenvalue weighted by atomic mass is 35.5. The van der Waals surface area contributed by atoms with E-state index >= 15 is 0 Å². The minimum absolute atomic E-state index is 0.0965. The molecule has 0 aliphatic heterocycles. The highest BCUT2D eigenvalue weighted by Crippen LogP contribution is 2.23. The predicted molar refractivity (Wildman–Crippen MR) is 78.4 cm³/mol. The summed E-state index contributed by atoms with van der Waals surface area (Å²) in [6.45, 7) is 1.80. The summed E-state index contributed by atoms with van der Waals surface area (Å²) in [4.78, 5) is 22.0. The molecular formula is C15H12ClNO4. The Kier molecular flexibility index (Phi) is 4.55. The molecule has 0 radical (unpaired) electrons. The number of nitro benzene ring substituents is 1. The summed E-state index contributed by atoms with van der Waals surface area (Å²) in [5.74, 6) is -0.502. The van der Waals surface area contributed by atoms with Gasteiger partial charge in [0.25, 0.3) is 5.69 Å². The van der Waals surface area contributed by atoms with E-state index in [1.807, 2.05) is 6.92 Å². The van der Waals surface area contributed by atoms with Gasteiger partial charge in [-0.1, -0.05) is 29.3 Å². The van der Waals surface area contributed by atoms with E-state index in [0.717, 1.165) is 5.56 Å². The monoisotopic (exact) mass is 305 g/mol. The second-order valence-corrected chi connectivity index (χ2v) is 4.88. The number of nitro groups is 1. The number of rotatable bonds is 4. The van der Waals surface area contributed by atoms with Gasteiger partial charge in [0.2, 0.25) is 0 Å². The van der Waals surface area contributed by atoms with Crippen molar-refractivity contribution >= 4 is 23.3 Å². The predicted octanol–water partition coefficient (Wildman–Crippen LogP) is 3.91. The highest BCUT2D eigenvalue weighted by molar-refractivity contribution is 6.31. The van der Waals surface area contributed by atoms with Crippen molar-refractivity contribution < 1.29 is 14.5 Å². The maximum Gasteiger partial charge on any atom is 0.338 e. The van der Waals surface area contributed by atoms with Crippen LogP contribution in [0.4, 0.5) is 5.69 Å². The zero-order valence-electron chi connectivity index (χ0n) is 11.2. The van der Waals surface area contributed by atoms with Crippen LogP contribution in [0.3, 0.4) is 0 Å². The Bertz CT molecular complexity index is 683. The number of nitrogens with zero attached hydrogens (tertiary/aromatic N) is 1. The van der Waals surface area contributed by atoms with Gasteiger partial charge in [-0.2, -0.15) is 0 Å². The van der Waals surface area contributed by atoms with Crippen LogP contribution < -0.4 is 0 Å². The molecule has 0 unspecified atom stereocenters. The Balaban J connectivity index is 2.09. The van der Waals surface area contributed by atoms with Crippen LogP contribution in [0.5, 0.6) is 0 Å². The van der Waals surface area contributed by atoms with E-state index in [1.54, 1.807) is 24.3 Å². The van der Waals surface area contributed by atoms with Crippen LogP contribution in [-0.4, -0.2) is 10.9 Å². The van der Waals surface area contributed by atoms with Crippen molar-refractivity contribution in [3.05, 3.63) is 74.3 Å². The fourth-order valence-corrected chi connectivity index (χ4v) is 1.87. The van der Waals surface area contributed by atoms with Crippen LogP contribution >= 0.6 is 11.6 Å². The van der Waals surface area contributed by atoms with Gasteiger partial charge in [-0.15, -0.1) is 0 Å². The zero-order valence-corrected chi connectivity index (χ0v) is 12.0. The molecule has 108 valence electrons. The standard InChI is InChI=1S/C15H12ClNO4/c1-10-2-4-11(5-3-10)15(18)21-9-12-8-13(17(19)20)6-7-14(12)16/h2-8H,9H2,1H3. The van der Waals surface area contributed by atoms with Gasteiger partial charge in [-0.05, 0) is 25.1 Å². The van der Waals surface area contributed by atoms with Crippen molar-refractivity contribution in [3.63, 3.8) is 0 Å². The summed E-state index contributed by atoms with van der Waals surface area (Å²) >= 11 is 5.94. The molecule has 0 atom stereocenters. The molecular weight excluding hydrogens is 294 g/mol. The van der Waals surface area contributed by atoms with E-state index in [2.05, 4.69) is 0 Å². The van der Waals surface area contributed by atoms with Crippen molar-refractivity contribution in [2.75, 3.05) is 0 Å². The third kappa shape index (κ3) is 3.79. The summed E-state index contributed by atoms with van der Waals surface area (Å²) < 4.78 is 5.12. The molecule has 2 aromatic rings. The Morgan fingerprint density at radius 3 is 2.52 bits per heavy atom. The van der Waals surface area contributed by atoms with Gasteiger partial charge in [-0.25, -0.2) is 4.79 Å². The quantitative estimate of drug-likeness (QED) is 0.488. The van der Waals surface area contributed by atoms with Crippen molar-refractivity contribution in [3.8, 4) is 0 Å². The number of benzene rings is 2. The van der Waals surface area contributed by atoms with Gasteiger partial charge in [0.05, 0.1) is 10.5 Å². The fourth-order valence-electron chi connectivity index (χ4n) is 1.70. The van der Waals surface area contributed by atoms with E-state index in [-0.39, 0.29) is 12.3 Å². The molecule has 5 nitrogen and oxygen atoms in total. The highest BCUT2D eigenvalue weighted by Gasteiger charge is 2.12. The molecule has 2 aromatic carbocycles. The summed E-state index contributed by atoms with van der Waals surface area (Å²) in [6.07, 6.45) is 0. The SMILES string of the molecule is Cc1ccc(C(=O)OCc2cc([N+](=O)[O-])ccc2Cl)cc1. The lowest BCUT2D eigenvalue weighted by molar-refractivity contribution is -0.384. The van der Waals surface area contributed by atoms with Crippen LogP contribution in [0.2, 0.25) is 5.02 Å². The first-order chi connectivity index (χ1) is 9.97. The topological polar surface area (TPSA) is 69.4 Å². The molecule has 6 heteroatoms. The Morgan fingerprint density at radius 1 is 1.24 bits per heavy atom. The van der Waals surface area contributed by atoms with E-state index < -0.39 is 10.9 Å². The number of halogens is 1. The van der Waals surface area contributed by atoms with Gasteiger partial charge < -0.3 is 4.74 Å². The molecule has 0 fully saturated rings. The summed E-state index contributed by atoms with van der Waals surface area (Å²) in [5, 5.41) is 11.0. The number of carbonyl (C=O) groups excluding carboxylic acids is 1. The number of hydrogen-bond acceptors (Lipinski definition) is 4. The Morgan fingerprint density at radius 2 is 1.90 bits per heavy atom. The number of aryl methyl sites for hydroxylation is 1. The van der Waals surface area contributed by atoms with Crippen LogP contribution in [0.1, 0.15) is 21.5 Å².